The lowest BCUT2D eigenvalue weighted by molar-refractivity contribution is 0.380. The van der Waals surface area contributed by atoms with Gasteiger partial charge in [0, 0.05) is 6.07 Å². The number of hydrogen-bond donors (Lipinski definition) is 0. The van der Waals surface area contributed by atoms with Crippen LogP contribution in [0.15, 0.2) is 6.07 Å². The van der Waals surface area contributed by atoms with Crippen molar-refractivity contribution in [1.82, 2.24) is 4.98 Å². The average molecular weight is 178 g/mol. The fourth-order valence-corrected chi connectivity index (χ4v) is 1.02. The molecule has 0 amide bonds. The highest BCUT2D eigenvalue weighted by molar-refractivity contribution is 5.47. The average Bonchev–Trinajstić information content (AvgIpc) is 2.16. The monoisotopic (exact) mass is 178 g/mol. The van der Waals surface area contributed by atoms with Crippen LogP contribution in [0.4, 0.5) is 0 Å². The Morgan fingerprint density at radius 3 is 2.54 bits per heavy atom. The highest BCUT2D eigenvalue weighted by Gasteiger charge is 2.09. The minimum atomic E-state index is 0.448. The lowest BCUT2D eigenvalue weighted by Gasteiger charge is -2.06. The summed E-state index contributed by atoms with van der Waals surface area (Å²) in [6.45, 7) is 1.74. The molecule has 1 aromatic heterocycles. The van der Waals surface area contributed by atoms with Gasteiger partial charge in [0.25, 0.3) is 0 Å². The highest BCUT2D eigenvalue weighted by atomic mass is 16.5. The molecule has 0 saturated heterocycles. The van der Waals surface area contributed by atoms with Gasteiger partial charge in [0.15, 0.2) is 0 Å². The Kier molecular flexibility index (Phi) is 2.70. The zero-order valence-corrected chi connectivity index (χ0v) is 7.79. The maximum Gasteiger partial charge on any atom is 0.217 e. The summed E-state index contributed by atoms with van der Waals surface area (Å²) in [6, 6.07) is 3.61. The number of aryl methyl sites for hydroxylation is 1. The SMILES string of the molecule is COc1cc(OC)c(C#N)c(C)n1. The summed E-state index contributed by atoms with van der Waals surface area (Å²) in [7, 11) is 3.03. The molecule has 0 spiro atoms. The van der Waals surface area contributed by atoms with Crippen molar-refractivity contribution in [2.24, 2.45) is 0 Å². The van der Waals surface area contributed by atoms with Gasteiger partial charge in [-0.2, -0.15) is 5.26 Å². The summed E-state index contributed by atoms with van der Waals surface area (Å²) >= 11 is 0. The summed E-state index contributed by atoms with van der Waals surface area (Å²) in [4.78, 5) is 4.05. The third-order valence-electron chi connectivity index (χ3n) is 1.68. The van der Waals surface area contributed by atoms with Crippen molar-refractivity contribution >= 4 is 0 Å². The topological polar surface area (TPSA) is 55.1 Å². The van der Waals surface area contributed by atoms with E-state index in [1.165, 1.54) is 14.2 Å². The van der Waals surface area contributed by atoms with Crippen molar-refractivity contribution in [1.29, 1.82) is 5.26 Å². The zero-order chi connectivity index (χ0) is 9.84. The van der Waals surface area contributed by atoms with E-state index < -0.39 is 0 Å². The number of nitriles is 1. The second-order valence-corrected chi connectivity index (χ2v) is 2.44. The Morgan fingerprint density at radius 1 is 1.38 bits per heavy atom. The zero-order valence-electron chi connectivity index (χ0n) is 7.79. The molecule has 1 rings (SSSR count). The number of rotatable bonds is 2. The van der Waals surface area contributed by atoms with Crippen LogP contribution >= 0.6 is 0 Å². The van der Waals surface area contributed by atoms with Gasteiger partial charge >= 0.3 is 0 Å². The molecule has 4 heteroatoms. The van der Waals surface area contributed by atoms with Crippen molar-refractivity contribution in [3.8, 4) is 17.7 Å². The van der Waals surface area contributed by atoms with E-state index in [-0.39, 0.29) is 0 Å². The lowest BCUT2D eigenvalue weighted by atomic mass is 10.2. The van der Waals surface area contributed by atoms with E-state index in [9.17, 15) is 0 Å². The number of nitrogens with zero attached hydrogens (tertiary/aromatic N) is 2. The summed E-state index contributed by atoms with van der Waals surface area (Å²) in [5.74, 6) is 0.945. The van der Waals surface area contributed by atoms with E-state index in [0.717, 1.165) is 0 Å². The van der Waals surface area contributed by atoms with E-state index in [1.54, 1.807) is 13.0 Å². The molecular weight excluding hydrogens is 168 g/mol. The molecule has 0 aliphatic heterocycles. The first-order valence-corrected chi connectivity index (χ1v) is 3.72. The maximum absolute atomic E-state index is 8.78. The first-order chi connectivity index (χ1) is 6.22. The highest BCUT2D eigenvalue weighted by Crippen LogP contribution is 2.24. The molecule has 0 N–H and O–H groups in total. The Bertz CT molecular complexity index is 355. The molecule has 0 saturated carbocycles. The second-order valence-electron chi connectivity index (χ2n) is 2.44. The van der Waals surface area contributed by atoms with Gasteiger partial charge in [-0.25, -0.2) is 4.98 Å². The van der Waals surface area contributed by atoms with E-state index in [4.69, 9.17) is 14.7 Å². The van der Waals surface area contributed by atoms with E-state index >= 15 is 0 Å². The van der Waals surface area contributed by atoms with Crippen LogP contribution in [-0.4, -0.2) is 19.2 Å². The molecular formula is C9H10N2O2. The first kappa shape index (κ1) is 9.33. The smallest absolute Gasteiger partial charge is 0.217 e. The third kappa shape index (κ3) is 1.70. The maximum atomic E-state index is 8.78. The Morgan fingerprint density at radius 2 is 2.08 bits per heavy atom. The number of pyridine rings is 1. The second kappa shape index (κ2) is 3.76. The molecule has 68 valence electrons. The fraction of sp³-hybridized carbons (Fsp3) is 0.333. The minimum Gasteiger partial charge on any atom is -0.495 e. The molecule has 13 heavy (non-hydrogen) atoms. The van der Waals surface area contributed by atoms with Crippen molar-refractivity contribution in [3.63, 3.8) is 0 Å². The van der Waals surface area contributed by atoms with E-state index in [1.807, 2.05) is 6.07 Å². The van der Waals surface area contributed by atoms with Gasteiger partial charge in [-0.3, -0.25) is 0 Å². The minimum absolute atomic E-state index is 0.448. The van der Waals surface area contributed by atoms with Gasteiger partial charge in [-0.15, -0.1) is 0 Å². The molecule has 0 aliphatic carbocycles. The molecule has 0 radical (unpaired) electrons. The normalized spacial score (nSPS) is 9.08. The summed E-state index contributed by atoms with van der Waals surface area (Å²) in [6.07, 6.45) is 0. The molecule has 0 unspecified atom stereocenters. The van der Waals surface area contributed by atoms with Crippen LogP contribution in [-0.2, 0) is 0 Å². The van der Waals surface area contributed by atoms with Gasteiger partial charge < -0.3 is 9.47 Å². The Hall–Kier alpha value is -1.76. The van der Waals surface area contributed by atoms with Crippen LogP contribution in [0.25, 0.3) is 0 Å². The molecule has 0 aromatic carbocycles. The standard InChI is InChI=1S/C9H10N2O2/c1-6-7(5-10)8(12-2)4-9(11-6)13-3/h4H,1-3H3. The Balaban J connectivity index is 3.31. The van der Waals surface area contributed by atoms with Gasteiger partial charge in [-0.1, -0.05) is 0 Å². The fourth-order valence-electron chi connectivity index (χ4n) is 1.02. The van der Waals surface area contributed by atoms with Crippen LogP contribution < -0.4 is 9.47 Å². The summed E-state index contributed by atoms with van der Waals surface area (Å²) in [5.41, 5.74) is 1.06. The van der Waals surface area contributed by atoms with E-state index in [0.29, 0.717) is 22.9 Å². The van der Waals surface area contributed by atoms with Crippen LogP contribution in [0.1, 0.15) is 11.3 Å². The third-order valence-corrected chi connectivity index (χ3v) is 1.68. The van der Waals surface area contributed by atoms with Gasteiger partial charge in [-0.05, 0) is 6.92 Å². The van der Waals surface area contributed by atoms with Crippen molar-refractivity contribution < 1.29 is 9.47 Å². The van der Waals surface area contributed by atoms with Gasteiger partial charge in [0.2, 0.25) is 5.88 Å². The van der Waals surface area contributed by atoms with Gasteiger partial charge in [0.1, 0.15) is 17.4 Å². The van der Waals surface area contributed by atoms with Crippen LogP contribution in [0.3, 0.4) is 0 Å². The number of methoxy groups -OCH3 is 2. The van der Waals surface area contributed by atoms with Crippen molar-refractivity contribution in [3.05, 3.63) is 17.3 Å². The first-order valence-electron chi connectivity index (χ1n) is 3.72. The molecule has 1 heterocycles. The van der Waals surface area contributed by atoms with Gasteiger partial charge in [0.05, 0.1) is 19.9 Å². The Labute approximate surface area is 76.7 Å². The quantitative estimate of drug-likeness (QED) is 0.684. The largest absolute Gasteiger partial charge is 0.495 e. The van der Waals surface area contributed by atoms with Crippen molar-refractivity contribution in [2.75, 3.05) is 14.2 Å². The molecule has 0 fully saturated rings. The van der Waals surface area contributed by atoms with Crippen LogP contribution in [0.2, 0.25) is 0 Å². The van der Waals surface area contributed by atoms with Crippen LogP contribution in [0.5, 0.6) is 11.6 Å². The molecule has 1 aromatic rings. The molecule has 4 nitrogen and oxygen atoms in total. The predicted octanol–water partition coefficient (Wildman–Crippen LogP) is 1.28. The number of ether oxygens (including phenoxy) is 2. The van der Waals surface area contributed by atoms with E-state index in [2.05, 4.69) is 4.98 Å². The molecule has 0 bridgehead atoms. The summed E-state index contributed by atoms with van der Waals surface area (Å²) in [5, 5.41) is 8.78. The molecule has 0 atom stereocenters. The van der Waals surface area contributed by atoms with Crippen molar-refractivity contribution in [2.45, 2.75) is 6.92 Å². The van der Waals surface area contributed by atoms with Crippen LogP contribution in [0, 0.1) is 18.3 Å². The molecule has 0 aliphatic rings. The predicted molar refractivity (Wildman–Crippen MR) is 46.8 cm³/mol. The number of hydrogen-bond acceptors (Lipinski definition) is 4. The lowest BCUT2D eigenvalue weighted by Crippen LogP contribution is -1.97. The number of aromatic nitrogens is 1. The summed E-state index contributed by atoms with van der Waals surface area (Å²) < 4.78 is 9.95.